The zero-order valence-electron chi connectivity index (χ0n) is 14.3. The summed E-state index contributed by atoms with van der Waals surface area (Å²) in [5.74, 6) is -0.325. The fourth-order valence-electron chi connectivity index (χ4n) is 3.35. The molecule has 2 aromatic carbocycles. The Morgan fingerprint density at radius 1 is 1.23 bits per heavy atom. The summed E-state index contributed by atoms with van der Waals surface area (Å²) in [6.45, 7) is 1.57. The summed E-state index contributed by atoms with van der Waals surface area (Å²) in [5, 5.41) is 3.05. The van der Waals surface area contributed by atoms with Gasteiger partial charge in [0.1, 0.15) is 5.82 Å². The van der Waals surface area contributed by atoms with E-state index in [0.29, 0.717) is 17.9 Å². The minimum Gasteiger partial charge on any atom is -0.443 e. The molecule has 4 rings (SSSR count). The highest BCUT2D eigenvalue weighted by molar-refractivity contribution is 5.97. The minimum atomic E-state index is -0.346. The first-order valence-corrected chi connectivity index (χ1v) is 8.38. The fourth-order valence-corrected chi connectivity index (χ4v) is 3.35. The molecule has 1 N–H and O–H groups in total. The third-order valence-electron chi connectivity index (χ3n) is 4.56. The molecule has 0 saturated heterocycles. The maximum Gasteiger partial charge on any atom is 0.274 e. The largest absolute Gasteiger partial charge is 0.443 e. The summed E-state index contributed by atoms with van der Waals surface area (Å²) in [7, 11) is 2.02. The van der Waals surface area contributed by atoms with Gasteiger partial charge in [-0.1, -0.05) is 24.3 Å². The quantitative estimate of drug-likeness (QED) is 0.786. The van der Waals surface area contributed by atoms with Crippen LogP contribution in [-0.4, -0.2) is 29.4 Å². The number of nitrogens with one attached hydrogen (secondary N) is 1. The Bertz CT molecular complexity index is 936. The van der Waals surface area contributed by atoms with Crippen LogP contribution in [-0.2, 0) is 6.54 Å². The van der Waals surface area contributed by atoms with Gasteiger partial charge < -0.3 is 9.73 Å². The number of nitrogens with zero attached hydrogens (tertiary/aromatic N) is 2. The topological polar surface area (TPSA) is 58.4 Å². The van der Waals surface area contributed by atoms with Gasteiger partial charge in [0.05, 0.1) is 6.04 Å². The van der Waals surface area contributed by atoms with Gasteiger partial charge in [0.15, 0.2) is 17.8 Å². The number of fused-ring (bicyclic) bond motifs is 1. The highest BCUT2D eigenvalue weighted by atomic mass is 19.1. The summed E-state index contributed by atoms with van der Waals surface area (Å²) in [6, 6.07) is 13.7. The summed E-state index contributed by atoms with van der Waals surface area (Å²) < 4.78 is 18.5. The number of halogens is 1. The molecular weight excluding hydrogens is 333 g/mol. The van der Waals surface area contributed by atoms with Gasteiger partial charge in [0, 0.05) is 18.7 Å². The molecule has 132 valence electrons. The van der Waals surface area contributed by atoms with Gasteiger partial charge >= 0.3 is 0 Å². The number of amides is 1. The van der Waals surface area contributed by atoms with Crippen molar-refractivity contribution in [2.45, 2.75) is 12.6 Å². The molecule has 3 aromatic rings. The molecule has 0 saturated carbocycles. The molecule has 0 aliphatic carbocycles. The van der Waals surface area contributed by atoms with Crippen LogP contribution in [0.5, 0.6) is 0 Å². The lowest BCUT2D eigenvalue weighted by molar-refractivity contribution is 0.0918. The van der Waals surface area contributed by atoms with Crippen LogP contribution in [0, 0.1) is 5.82 Å². The molecular formula is C20H18FN3O2. The normalized spacial score (nSPS) is 16.9. The summed E-state index contributed by atoms with van der Waals surface area (Å²) in [4.78, 5) is 19.1. The lowest BCUT2D eigenvalue weighted by Gasteiger charge is -2.32. The van der Waals surface area contributed by atoms with Crippen molar-refractivity contribution >= 4 is 5.91 Å². The monoisotopic (exact) mass is 351 g/mol. The van der Waals surface area contributed by atoms with Crippen LogP contribution in [0.25, 0.3) is 11.3 Å². The Labute approximate surface area is 150 Å². The molecule has 2 heterocycles. The van der Waals surface area contributed by atoms with Crippen molar-refractivity contribution in [1.29, 1.82) is 0 Å². The highest BCUT2D eigenvalue weighted by Gasteiger charge is 2.27. The summed E-state index contributed by atoms with van der Waals surface area (Å²) >= 11 is 0. The second-order valence-corrected chi connectivity index (χ2v) is 6.46. The van der Waals surface area contributed by atoms with Crippen molar-refractivity contribution in [3.63, 3.8) is 0 Å². The zero-order chi connectivity index (χ0) is 18.1. The van der Waals surface area contributed by atoms with Crippen molar-refractivity contribution in [1.82, 2.24) is 15.2 Å². The van der Waals surface area contributed by atoms with Crippen LogP contribution in [0.15, 0.2) is 59.3 Å². The first kappa shape index (κ1) is 16.5. The standard InChI is InChI=1S/C20H18FN3O2/c1-24-10-14-4-2-3-5-16(14)17(11-24)23-20(25)18-19(26-12-22-18)13-6-8-15(21)9-7-13/h2-9,12,17H,10-11H2,1H3,(H,23,25). The van der Waals surface area contributed by atoms with E-state index in [1.165, 1.54) is 24.1 Å². The molecule has 0 radical (unpaired) electrons. The first-order chi connectivity index (χ1) is 12.6. The van der Waals surface area contributed by atoms with Crippen LogP contribution in [0.3, 0.4) is 0 Å². The second-order valence-electron chi connectivity index (χ2n) is 6.46. The molecule has 1 aromatic heterocycles. The lowest BCUT2D eigenvalue weighted by Crippen LogP contribution is -2.40. The van der Waals surface area contributed by atoms with Gasteiger partial charge in [-0.2, -0.15) is 0 Å². The van der Waals surface area contributed by atoms with E-state index in [9.17, 15) is 9.18 Å². The molecule has 0 spiro atoms. The van der Waals surface area contributed by atoms with Crippen molar-refractivity contribution in [3.05, 3.63) is 77.6 Å². The van der Waals surface area contributed by atoms with Crippen LogP contribution in [0.4, 0.5) is 4.39 Å². The SMILES string of the molecule is CN1Cc2ccccc2C(NC(=O)c2ncoc2-c2ccc(F)cc2)C1. The minimum absolute atomic E-state index is 0.129. The van der Waals surface area contributed by atoms with E-state index in [1.807, 2.05) is 25.2 Å². The number of likely N-dealkylation sites (N-methyl/N-ethyl adjacent to an activating group) is 1. The predicted octanol–water partition coefficient (Wildman–Crippen LogP) is 3.40. The van der Waals surface area contributed by atoms with E-state index >= 15 is 0 Å². The van der Waals surface area contributed by atoms with E-state index in [-0.39, 0.29) is 23.5 Å². The zero-order valence-corrected chi connectivity index (χ0v) is 14.3. The van der Waals surface area contributed by atoms with Crippen molar-refractivity contribution in [3.8, 4) is 11.3 Å². The van der Waals surface area contributed by atoms with Crippen molar-refractivity contribution < 1.29 is 13.6 Å². The third-order valence-corrected chi connectivity index (χ3v) is 4.56. The average molecular weight is 351 g/mol. The van der Waals surface area contributed by atoms with E-state index in [4.69, 9.17) is 4.42 Å². The van der Waals surface area contributed by atoms with Crippen molar-refractivity contribution in [2.75, 3.05) is 13.6 Å². The number of oxazole rings is 1. The number of carbonyl (C=O) groups is 1. The molecule has 1 amide bonds. The summed E-state index contributed by atoms with van der Waals surface area (Å²) in [6.07, 6.45) is 1.23. The predicted molar refractivity (Wildman–Crippen MR) is 94.9 cm³/mol. The Morgan fingerprint density at radius 3 is 2.81 bits per heavy atom. The molecule has 0 bridgehead atoms. The van der Waals surface area contributed by atoms with Crippen molar-refractivity contribution in [2.24, 2.45) is 0 Å². The first-order valence-electron chi connectivity index (χ1n) is 8.38. The Morgan fingerprint density at radius 2 is 2.00 bits per heavy atom. The highest BCUT2D eigenvalue weighted by Crippen LogP contribution is 2.27. The van der Waals surface area contributed by atoms with Crippen LogP contribution in [0.2, 0.25) is 0 Å². The fraction of sp³-hybridized carbons (Fsp3) is 0.200. The second kappa shape index (κ2) is 6.72. The van der Waals surface area contributed by atoms with Gasteiger partial charge in [-0.3, -0.25) is 9.69 Å². The number of hydrogen-bond donors (Lipinski definition) is 1. The number of benzene rings is 2. The lowest BCUT2D eigenvalue weighted by atomic mass is 9.95. The molecule has 6 heteroatoms. The number of rotatable bonds is 3. The van der Waals surface area contributed by atoms with E-state index in [0.717, 1.165) is 12.1 Å². The molecule has 1 aliphatic rings. The van der Waals surface area contributed by atoms with Crippen LogP contribution in [0.1, 0.15) is 27.7 Å². The van der Waals surface area contributed by atoms with E-state index < -0.39 is 0 Å². The Hall–Kier alpha value is -2.99. The Kier molecular flexibility index (Phi) is 4.26. The summed E-state index contributed by atoms with van der Waals surface area (Å²) in [5.41, 5.74) is 3.12. The molecule has 1 aliphatic heterocycles. The maximum atomic E-state index is 13.1. The molecule has 1 atom stereocenters. The Balaban J connectivity index is 1.60. The van der Waals surface area contributed by atoms with Gasteiger partial charge in [-0.25, -0.2) is 9.37 Å². The number of hydrogen-bond acceptors (Lipinski definition) is 4. The van der Waals surface area contributed by atoms with Gasteiger partial charge in [-0.15, -0.1) is 0 Å². The van der Waals surface area contributed by atoms with E-state index in [2.05, 4.69) is 21.3 Å². The van der Waals surface area contributed by atoms with Gasteiger partial charge in [-0.05, 0) is 42.4 Å². The average Bonchev–Trinajstić information content (AvgIpc) is 3.12. The van der Waals surface area contributed by atoms with E-state index in [1.54, 1.807) is 12.1 Å². The molecule has 0 fully saturated rings. The smallest absolute Gasteiger partial charge is 0.274 e. The number of aromatic nitrogens is 1. The van der Waals surface area contributed by atoms with Crippen LogP contribution >= 0.6 is 0 Å². The molecule has 26 heavy (non-hydrogen) atoms. The molecule has 5 nitrogen and oxygen atoms in total. The van der Waals surface area contributed by atoms with Crippen LogP contribution < -0.4 is 5.32 Å². The molecule has 1 unspecified atom stereocenters. The number of carbonyl (C=O) groups excluding carboxylic acids is 1. The van der Waals surface area contributed by atoms with Gasteiger partial charge in [0.25, 0.3) is 5.91 Å². The third kappa shape index (κ3) is 3.11. The maximum absolute atomic E-state index is 13.1. The van der Waals surface area contributed by atoms with Gasteiger partial charge in [0.2, 0.25) is 0 Å².